The van der Waals surface area contributed by atoms with Crippen LogP contribution in [0.3, 0.4) is 0 Å². The van der Waals surface area contributed by atoms with E-state index in [0.717, 1.165) is 53.8 Å². The van der Waals surface area contributed by atoms with Crippen molar-refractivity contribution >= 4 is 5.65 Å². The molecule has 0 saturated heterocycles. The SMILES string of the molecule is C=C(O)C(CCC)c1c(C)nc2c3c(nn2c1-c1ccc(C)cc1)CCCC3. The minimum absolute atomic E-state index is 0.139. The molecule has 3 aromatic rings. The summed E-state index contributed by atoms with van der Waals surface area (Å²) < 4.78 is 2.04. The molecule has 2 aromatic heterocycles. The van der Waals surface area contributed by atoms with Crippen molar-refractivity contribution in [2.75, 3.05) is 0 Å². The summed E-state index contributed by atoms with van der Waals surface area (Å²) in [6, 6.07) is 8.56. The molecule has 0 aliphatic heterocycles. The van der Waals surface area contributed by atoms with E-state index in [1.54, 1.807) is 0 Å². The van der Waals surface area contributed by atoms with Crippen molar-refractivity contribution in [1.29, 1.82) is 0 Å². The normalized spacial score (nSPS) is 14.8. The number of allylic oxidation sites excluding steroid dienone is 1. The number of fused-ring (bicyclic) bond motifs is 3. The van der Waals surface area contributed by atoms with Gasteiger partial charge in [0.15, 0.2) is 5.65 Å². The van der Waals surface area contributed by atoms with E-state index in [9.17, 15) is 5.11 Å². The highest BCUT2D eigenvalue weighted by molar-refractivity contribution is 5.71. The van der Waals surface area contributed by atoms with Crippen LogP contribution in [-0.2, 0) is 12.8 Å². The van der Waals surface area contributed by atoms with Crippen molar-refractivity contribution in [3.8, 4) is 11.3 Å². The highest BCUT2D eigenvalue weighted by Crippen LogP contribution is 2.38. The van der Waals surface area contributed by atoms with E-state index in [4.69, 9.17) is 10.1 Å². The van der Waals surface area contributed by atoms with E-state index in [0.29, 0.717) is 0 Å². The third-order valence-corrected chi connectivity index (χ3v) is 5.91. The number of benzene rings is 1. The second-order valence-electron chi connectivity index (χ2n) is 8.03. The molecule has 0 fully saturated rings. The molecule has 0 bridgehead atoms. The van der Waals surface area contributed by atoms with Crippen LogP contribution in [0.15, 0.2) is 36.6 Å². The molecule has 0 radical (unpaired) electrons. The van der Waals surface area contributed by atoms with Crippen LogP contribution in [0.2, 0.25) is 0 Å². The number of rotatable bonds is 5. The minimum Gasteiger partial charge on any atom is -0.512 e. The molecule has 0 saturated carbocycles. The molecule has 0 amide bonds. The first-order valence-electron chi connectivity index (χ1n) is 10.4. The van der Waals surface area contributed by atoms with E-state index >= 15 is 0 Å². The van der Waals surface area contributed by atoms with Crippen LogP contribution in [-0.4, -0.2) is 19.7 Å². The van der Waals surface area contributed by atoms with Gasteiger partial charge in [-0.15, -0.1) is 0 Å². The van der Waals surface area contributed by atoms with Crippen LogP contribution in [0.4, 0.5) is 0 Å². The fourth-order valence-electron chi connectivity index (χ4n) is 4.48. The van der Waals surface area contributed by atoms with Crippen LogP contribution in [0, 0.1) is 13.8 Å². The molecule has 4 heteroatoms. The Morgan fingerprint density at radius 3 is 2.57 bits per heavy atom. The minimum atomic E-state index is -0.139. The van der Waals surface area contributed by atoms with Crippen LogP contribution >= 0.6 is 0 Å². The summed E-state index contributed by atoms with van der Waals surface area (Å²) in [5.74, 6) is 0.0656. The number of aromatic nitrogens is 3. The van der Waals surface area contributed by atoms with E-state index in [2.05, 4.69) is 51.6 Å². The van der Waals surface area contributed by atoms with Crippen LogP contribution < -0.4 is 0 Å². The number of hydrogen-bond acceptors (Lipinski definition) is 3. The zero-order chi connectivity index (χ0) is 19.8. The molecule has 1 aliphatic rings. The van der Waals surface area contributed by atoms with Crippen LogP contribution in [0.5, 0.6) is 0 Å². The third kappa shape index (κ3) is 3.11. The predicted molar refractivity (Wildman–Crippen MR) is 114 cm³/mol. The monoisotopic (exact) mass is 375 g/mol. The van der Waals surface area contributed by atoms with Gasteiger partial charge in [0.05, 0.1) is 17.1 Å². The Morgan fingerprint density at radius 1 is 1.18 bits per heavy atom. The number of aryl methyl sites for hydroxylation is 4. The van der Waals surface area contributed by atoms with Crippen LogP contribution in [0.1, 0.15) is 66.6 Å². The van der Waals surface area contributed by atoms with Crippen LogP contribution in [0.25, 0.3) is 16.9 Å². The standard InChI is InChI=1S/C24H29N3O/c1-5-8-19(17(4)28)22-16(3)25-24-20-9-6-7-10-21(20)26-27(24)23(22)18-13-11-15(2)12-14-18/h11-14,19,28H,4-10H2,1-3H3. The summed E-state index contributed by atoms with van der Waals surface area (Å²) in [4.78, 5) is 4.99. The average Bonchev–Trinajstić information content (AvgIpc) is 3.04. The third-order valence-electron chi connectivity index (χ3n) is 5.91. The number of hydrogen-bond donors (Lipinski definition) is 1. The lowest BCUT2D eigenvalue weighted by molar-refractivity contribution is 0.360. The zero-order valence-corrected chi connectivity index (χ0v) is 17.1. The molecule has 1 aromatic carbocycles. The van der Waals surface area contributed by atoms with Crippen molar-refractivity contribution in [1.82, 2.24) is 14.6 Å². The van der Waals surface area contributed by atoms with Crippen molar-refractivity contribution in [3.05, 3.63) is 64.7 Å². The van der Waals surface area contributed by atoms with Gasteiger partial charge in [0, 0.05) is 28.3 Å². The first-order chi connectivity index (χ1) is 13.5. The second kappa shape index (κ2) is 7.42. The van der Waals surface area contributed by atoms with Gasteiger partial charge >= 0.3 is 0 Å². The Kier molecular flexibility index (Phi) is 4.96. The number of aliphatic hydroxyl groups excluding tert-OH is 1. The van der Waals surface area contributed by atoms with Gasteiger partial charge in [-0.25, -0.2) is 9.50 Å². The lowest BCUT2D eigenvalue weighted by atomic mass is 9.88. The molecule has 146 valence electrons. The van der Waals surface area contributed by atoms with Gasteiger partial charge in [-0.2, -0.15) is 5.10 Å². The molecule has 1 N–H and O–H groups in total. The maximum absolute atomic E-state index is 10.4. The van der Waals surface area contributed by atoms with Crippen molar-refractivity contribution in [2.24, 2.45) is 0 Å². The molecule has 0 spiro atoms. The molecule has 2 heterocycles. The topological polar surface area (TPSA) is 50.4 Å². The van der Waals surface area contributed by atoms with Gasteiger partial charge in [-0.3, -0.25) is 0 Å². The number of nitrogens with zero attached hydrogens (tertiary/aromatic N) is 3. The summed E-state index contributed by atoms with van der Waals surface area (Å²) >= 11 is 0. The van der Waals surface area contributed by atoms with Gasteiger partial charge in [0.2, 0.25) is 0 Å². The summed E-state index contributed by atoms with van der Waals surface area (Å²) in [6.45, 7) is 10.2. The Morgan fingerprint density at radius 2 is 1.89 bits per heavy atom. The molecule has 1 aliphatic carbocycles. The first-order valence-corrected chi connectivity index (χ1v) is 10.4. The molecular weight excluding hydrogens is 346 g/mol. The molecular formula is C24H29N3O. The highest BCUT2D eigenvalue weighted by atomic mass is 16.3. The Labute approximate surface area is 166 Å². The largest absolute Gasteiger partial charge is 0.512 e. The van der Waals surface area contributed by atoms with E-state index < -0.39 is 0 Å². The number of aliphatic hydroxyl groups is 1. The van der Waals surface area contributed by atoms with Crippen molar-refractivity contribution < 1.29 is 5.11 Å². The Bertz CT molecular complexity index is 1030. The fraction of sp³-hybridized carbons (Fsp3) is 0.417. The van der Waals surface area contributed by atoms with Gasteiger partial charge in [0.25, 0.3) is 0 Å². The predicted octanol–water partition coefficient (Wildman–Crippen LogP) is 5.85. The van der Waals surface area contributed by atoms with E-state index in [-0.39, 0.29) is 11.7 Å². The smallest absolute Gasteiger partial charge is 0.159 e. The van der Waals surface area contributed by atoms with Gasteiger partial charge < -0.3 is 5.11 Å². The quantitative estimate of drug-likeness (QED) is 0.569. The lowest BCUT2D eigenvalue weighted by Crippen LogP contribution is -2.12. The highest BCUT2D eigenvalue weighted by Gasteiger charge is 2.27. The summed E-state index contributed by atoms with van der Waals surface area (Å²) in [5.41, 5.74) is 8.84. The summed E-state index contributed by atoms with van der Waals surface area (Å²) in [5, 5.41) is 15.4. The molecule has 4 rings (SSSR count). The summed E-state index contributed by atoms with van der Waals surface area (Å²) in [7, 11) is 0. The maximum Gasteiger partial charge on any atom is 0.159 e. The maximum atomic E-state index is 10.4. The Hall–Kier alpha value is -2.62. The molecule has 28 heavy (non-hydrogen) atoms. The summed E-state index contributed by atoms with van der Waals surface area (Å²) in [6.07, 6.45) is 6.25. The average molecular weight is 376 g/mol. The second-order valence-corrected chi connectivity index (χ2v) is 8.03. The van der Waals surface area contributed by atoms with Gasteiger partial charge in [-0.05, 0) is 46.0 Å². The fourth-order valence-corrected chi connectivity index (χ4v) is 4.48. The van der Waals surface area contributed by atoms with E-state index in [1.807, 2.05) is 4.52 Å². The van der Waals surface area contributed by atoms with Gasteiger partial charge in [0.1, 0.15) is 0 Å². The van der Waals surface area contributed by atoms with E-state index in [1.165, 1.54) is 29.7 Å². The zero-order valence-electron chi connectivity index (χ0n) is 17.1. The molecule has 4 nitrogen and oxygen atoms in total. The molecule has 1 atom stereocenters. The first kappa shape index (κ1) is 18.7. The van der Waals surface area contributed by atoms with Gasteiger partial charge in [-0.1, -0.05) is 49.8 Å². The Balaban J connectivity index is 2.07. The van der Waals surface area contributed by atoms with Crippen molar-refractivity contribution in [2.45, 2.75) is 65.2 Å². The van der Waals surface area contributed by atoms with Crippen molar-refractivity contribution in [3.63, 3.8) is 0 Å². The lowest BCUT2D eigenvalue weighted by Gasteiger charge is -2.22. The molecule has 1 unspecified atom stereocenters.